The molecule has 0 aromatic heterocycles. The molecule has 2 rings (SSSR count). The Bertz CT molecular complexity index is 435. The van der Waals surface area contributed by atoms with Crippen molar-refractivity contribution in [1.82, 2.24) is 4.90 Å². The quantitative estimate of drug-likeness (QED) is 0.922. The molecule has 3 atom stereocenters. The number of β-amino-alcohol motifs (C(OH)–C–C–N with tert-alkyl or cyclic N) is 1. The normalized spacial score (nSPS) is 25.6. The van der Waals surface area contributed by atoms with Crippen molar-refractivity contribution >= 4 is 0 Å². The fourth-order valence-electron chi connectivity index (χ4n) is 2.68. The number of hydrogen-bond acceptors (Lipinski definition) is 3. The fourth-order valence-corrected chi connectivity index (χ4v) is 2.68. The zero-order valence-corrected chi connectivity index (χ0v) is 11.9. The molecule has 1 aliphatic heterocycles. The Balaban J connectivity index is 2.05. The molecule has 0 amide bonds. The predicted octanol–water partition coefficient (Wildman–Crippen LogP) is 2.50. The minimum Gasteiger partial charge on any atom is -0.387 e. The van der Waals surface area contributed by atoms with Gasteiger partial charge in [-0.2, -0.15) is 0 Å². The van der Waals surface area contributed by atoms with E-state index >= 15 is 0 Å². The lowest BCUT2D eigenvalue weighted by Crippen LogP contribution is -2.47. The van der Waals surface area contributed by atoms with E-state index in [0.29, 0.717) is 13.1 Å². The van der Waals surface area contributed by atoms with Crippen LogP contribution in [-0.2, 0) is 4.74 Å². The number of aliphatic hydroxyl groups excluding tert-OH is 1. The smallest absolute Gasteiger partial charge is 0.131 e. The topological polar surface area (TPSA) is 32.7 Å². The van der Waals surface area contributed by atoms with E-state index < -0.39 is 17.7 Å². The molecule has 0 spiro atoms. The van der Waals surface area contributed by atoms with Gasteiger partial charge in [0, 0.05) is 19.6 Å². The highest BCUT2D eigenvalue weighted by Crippen LogP contribution is 2.23. The summed E-state index contributed by atoms with van der Waals surface area (Å²) in [7, 11) is 0. The summed E-state index contributed by atoms with van der Waals surface area (Å²) in [6.45, 7) is 5.54. The Morgan fingerprint density at radius 1 is 1.35 bits per heavy atom. The number of hydrogen-bond donors (Lipinski definition) is 1. The van der Waals surface area contributed by atoms with Crippen LogP contribution in [0.25, 0.3) is 0 Å². The van der Waals surface area contributed by atoms with Crippen LogP contribution in [0.4, 0.5) is 8.78 Å². The first-order valence-electron chi connectivity index (χ1n) is 7.01. The van der Waals surface area contributed by atoms with Crippen LogP contribution in [0, 0.1) is 11.6 Å². The number of ether oxygens (including phenoxy) is 1. The van der Waals surface area contributed by atoms with Crippen LogP contribution in [0.2, 0.25) is 0 Å². The molecule has 1 aromatic rings. The lowest BCUT2D eigenvalue weighted by atomic mass is 10.1. The molecule has 0 saturated carbocycles. The molecule has 0 bridgehead atoms. The predicted molar refractivity (Wildman–Crippen MR) is 72.4 cm³/mol. The zero-order chi connectivity index (χ0) is 14.7. The van der Waals surface area contributed by atoms with Gasteiger partial charge in [0.2, 0.25) is 0 Å². The summed E-state index contributed by atoms with van der Waals surface area (Å²) in [5.74, 6) is -1.41. The van der Waals surface area contributed by atoms with Crippen molar-refractivity contribution in [2.24, 2.45) is 0 Å². The van der Waals surface area contributed by atoms with Gasteiger partial charge in [-0.05, 0) is 25.5 Å². The van der Waals surface area contributed by atoms with E-state index in [0.717, 1.165) is 6.42 Å². The van der Waals surface area contributed by atoms with Crippen molar-refractivity contribution in [2.45, 2.75) is 38.6 Å². The molecule has 1 heterocycles. The lowest BCUT2D eigenvalue weighted by Gasteiger charge is -2.37. The Morgan fingerprint density at radius 3 is 2.60 bits per heavy atom. The third-order valence-electron chi connectivity index (χ3n) is 3.62. The molecule has 1 aromatic carbocycles. The summed E-state index contributed by atoms with van der Waals surface area (Å²) >= 11 is 0. The minimum atomic E-state index is -1.17. The second-order valence-corrected chi connectivity index (χ2v) is 5.35. The van der Waals surface area contributed by atoms with Crippen LogP contribution in [0.3, 0.4) is 0 Å². The average Bonchev–Trinajstić information content (AvgIpc) is 2.37. The number of benzene rings is 1. The number of morpholine rings is 1. The molecule has 1 aliphatic rings. The van der Waals surface area contributed by atoms with Crippen LogP contribution in [0.1, 0.15) is 31.9 Å². The molecule has 1 N–H and O–H groups in total. The second-order valence-electron chi connectivity index (χ2n) is 5.35. The zero-order valence-electron chi connectivity index (χ0n) is 11.9. The second kappa shape index (κ2) is 6.61. The average molecular weight is 285 g/mol. The maximum absolute atomic E-state index is 13.6. The molecule has 3 nitrogen and oxygen atoms in total. The van der Waals surface area contributed by atoms with Crippen molar-refractivity contribution in [3.8, 4) is 0 Å². The summed E-state index contributed by atoms with van der Waals surface area (Å²) < 4.78 is 33.0. The third kappa shape index (κ3) is 3.53. The SMILES string of the molecule is CCC1CN(CC(O)c2c(F)cccc2F)CC(C)O1. The first kappa shape index (κ1) is 15.4. The van der Waals surface area contributed by atoms with Gasteiger partial charge >= 0.3 is 0 Å². The van der Waals surface area contributed by atoms with E-state index in [1.165, 1.54) is 18.2 Å². The van der Waals surface area contributed by atoms with Crippen molar-refractivity contribution in [3.05, 3.63) is 35.4 Å². The first-order chi connectivity index (χ1) is 9.51. The number of rotatable bonds is 4. The fraction of sp³-hybridized carbons (Fsp3) is 0.600. The standard InChI is InChI=1S/C15H21F2NO2/c1-3-11-8-18(7-10(2)20-11)9-14(19)15-12(16)5-4-6-13(15)17/h4-6,10-11,14,19H,3,7-9H2,1-2H3. The lowest BCUT2D eigenvalue weighted by molar-refractivity contribution is -0.0859. The summed E-state index contributed by atoms with van der Waals surface area (Å²) in [4.78, 5) is 2.00. The highest BCUT2D eigenvalue weighted by Gasteiger charge is 2.27. The van der Waals surface area contributed by atoms with Crippen LogP contribution < -0.4 is 0 Å². The van der Waals surface area contributed by atoms with Crippen LogP contribution >= 0.6 is 0 Å². The third-order valence-corrected chi connectivity index (χ3v) is 3.62. The molecule has 1 saturated heterocycles. The highest BCUT2D eigenvalue weighted by molar-refractivity contribution is 5.22. The molecule has 112 valence electrons. The summed E-state index contributed by atoms with van der Waals surface area (Å²) in [6.07, 6.45) is -0.118. The van der Waals surface area contributed by atoms with E-state index in [4.69, 9.17) is 4.74 Å². The molecule has 20 heavy (non-hydrogen) atoms. The molecule has 5 heteroatoms. The van der Waals surface area contributed by atoms with Gasteiger partial charge in [0.15, 0.2) is 0 Å². The Labute approximate surface area is 118 Å². The van der Waals surface area contributed by atoms with E-state index in [2.05, 4.69) is 0 Å². The van der Waals surface area contributed by atoms with Crippen LogP contribution in [0.5, 0.6) is 0 Å². The molecule has 0 aliphatic carbocycles. The van der Waals surface area contributed by atoms with Gasteiger partial charge in [0.1, 0.15) is 11.6 Å². The maximum Gasteiger partial charge on any atom is 0.131 e. The summed E-state index contributed by atoms with van der Waals surface area (Å²) in [5, 5.41) is 10.1. The Morgan fingerprint density at radius 2 is 2.00 bits per heavy atom. The van der Waals surface area contributed by atoms with Gasteiger partial charge in [-0.25, -0.2) is 8.78 Å². The minimum absolute atomic E-state index is 0.0615. The Kier molecular flexibility index (Phi) is 5.07. The van der Waals surface area contributed by atoms with Crippen molar-refractivity contribution in [2.75, 3.05) is 19.6 Å². The highest BCUT2D eigenvalue weighted by atomic mass is 19.1. The van der Waals surface area contributed by atoms with Gasteiger partial charge in [-0.3, -0.25) is 4.90 Å². The van der Waals surface area contributed by atoms with E-state index in [1.54, 1.807) is 0 Å². The van der Waals surface area contributed by atoms with Gasteiger partial charge in [-0.1, -0.05) is 13.0 Å². The molecular weight excluding hydrogens is 264 g/mol. The molecule has 0 radical (unpaired) electrons. The van der Waals surface area contributed by atoms with Gasteiger partial charge in [0.25, 0.3) is 0 Å². The summed E-state index contributed by atoms with van der Waals surface area (Å²) in [6, 6.07) is 3.63. The maximum atomic E-state index is 13.6. The van der Waals surface area contributed by atoms with E-state index in [-0.39, 0.29) is 24.3 Å². The van der Waals surface area contributed by atoms with E-state index in [1.807, 2.05) is 18.7 Å². The van der Waals surface area contributed by atoms with E-state index in [9.17, 15) is 13.9 Å². The van der Waals surface area contributed by atoms with Crippen LogP contribution in [-0.4, -0.2) is 41.8 Å². The summed E-state index contributed by atoms with van der Waals surface area (Å²) in [5.41, 5.74) is -0.250. The van der Waals surface area contributed by atoms with Gasteiger partial charge in [-0.15, -0.1) is 0 Å². The number of nitrogens with zero attached hydrogens (tertiary/aromatic N) is 1. The largest absolute Gasteiger partial charge is 0.387 e. The number of aliphatic hydroxyl groups is 1. The number of halogens is 2. The van der Waals surface area contributed by atoms with Crippen molar-refractivity contribution in [1.29, 1.82) is 0 Å². The first-order valence-corrected chi connectivity index (χ1v) is 7.01. The Hall–Kier alpha value is -1.04. The van der Waals surface area contributed by atoms with Crippen molar-refractivity contribution < 1.29 is 18.6 Å². The van der Waals surface area contributed by atoms with Crippen molar-refractivity contribution in [3.63, 3.8) is 0 Å². The van der Waals surface area contributed by atoms with Gasteiger partial charge in [0.05, 0.1) is 23.9 Å². The molecule has 3 unspecified atom stereocenters. The molecule has 1 fully saturated rings. The molecular formula is C15H21F2NO2. The monoisotopic (exact) mass is 285 g/mol. The van der Waals surface area contributed by atoms with Crippen LogP contribution in [0.15, 0.2) is 18.2 Å². The van der Waals surface area contributed by atoms with Gasteiger partial charge < -0.3 is 9.84 Å².